The van der Waals surface area contributed by atoms with Gasteiger partial charge in [-0.3, -0.25) is 0 Å². The minimum absolute atomic E-state index is 0.181. The highest BCUT2D eigenvalue weighted by Crippen LogP contribution is 2.19. The first-order valence-electron chi connectivity index (χ1n) is 5.11. The third-order valence-electron chi connectivity index (χ3n) is 2.56. The lowest BCUT2D eigenvalue weighted by atomic mass is 10.0. The second-order valence-electron chi connectivity index (χ2n) is 3.88. The summed E-state index contributed by atoms with van der Waals surface area (Å²) in [5.74, 6) is -1.85. The van der Waals surface area contributed by atoms with E-state index >= 15 is 0 Å². The summed E-state index contributed by atoms with van der Waals surface area (Å²) in [6.45, 7) is 0.481. The first-order valence-corrected chi connectivity index (χ1v) is 5.11. The lowest BCUT2D eigenvalue weighted by Gasteiger charge is -2.14. The molecule has 1 saturated heterocycles. The second-order valence-corrected chi connectivity index (χ2v) is 3.88. The van der Waals surface area contributed by atoms with Crippen LogP contribution in [0.15, 0.2) is 18.2 Å². The Kier molecular flexibility index (Phi) is 3.23. The summed E-state index contributed by atoms with van der Waals surface area (Å²) in [5, 5.41) is 10.9. The van der Waals surface area contributed by atoms with Crippen molar-refractivity contribution in [3.8, 4) is 0 Å². The van der Waals surface area contributed by atoms with E-state index in [-0.39, 0.29) is 12.5 Å². The van der Waals surface area contributed by atoms with Crippen molar-refractivity contribution in [3.63, 3.8) is 0 Å². The third kappa shape index (κ3) is 3.13. The topological polar surface area (TPSA) is 61.9 Å². The fraction of sp³-hybridized carbons (Fsp3) is 0.364. The first kappa shape index (κ1) is 11.8. The molecule has 0 aliphatic carbocycles. The van der Waals surface area contributed by atoms with Gasteiger partial charge < -0.3 is 15.2 Å². The van der Waals surface area contributed by atoms with Crippen molar-refractivity contribution < 1.29 is 23.4 Å². The molecule has 0 aromatic heterocycles. The van der Waals surface area contributed by atoms with Crippen LogP contribution in [0.25, 0.3) is 0 Å². The van der Waals surface area contributed by atoms with Crippen LogP contribution in [-0.4, -0.2) is 30.0 Å². The standard InChI is InChI=1S/C11H11F2NO3/c12-7-2-1-6(3-8(7)13)4-9(10-5-17-10)14-11(15)16/h1-3,9-10,14H,4-5H2,(H,15,16)/t9-,10?/m0/s1. The number of rotatable bonds is 4. The van der Waals surface area contributed by atoms with Crippen molar-refractivity contribution in [1.82, 2.24) is 5.32 Å². The summed E-state index contributed by atoms with van der Waals surface area (Å²) < 4.78 is 30.7. The Balaban J connectivity index is 2.06. The Bertz CT molecular complexity index is 435. The van der Waals surface area contributed by atoms with Crippen molar-refractivity contribution in [2.45, 2.75) is 18.6 Å². The van der Waals surface area contributed by atoms with Crippen molar-refractivity contribution >= 4 is 6.09 Å². The molecule has 1 aliphatic heterocycles. The zero-order chi connectivity index (χ0) is 12.4. The first-order chi connectivity index (χ1) is 8.06. The van der Waals surface area contributed by atoms with E-state index in [2.05, 4.69) is 5.32 Å². The molecule has 2 atom stereocenters. The SMILES string of the molecule is O=C(O)N[C@@H](Cc1ccc(F)c(F)c1)C1CO1. The summed E-state index contributed by atoms with van der Waals surface area (Å²) >= 11 is 0. The molecule has 1 amide bonds. The Labute approximate surface area is 96.2 Å². The molecule has 17 heavy (non-hydrogen) atoms. The molecule has 92 valence electrons. The van der Waals surface area contributed by atoms with Gasteiger partial charge >= 0.3 is 6.09 Å². The van der Waals surface area contributed by atoms with Gasteiger partial charge in [0.15, 0.2) is 11.6 Å². The number of hydrogen-bond acceptors (Lipinski definition) is 2. The summed E-state index contributed by atoms with van der Waals surface area (Å²) in [6.07, 6.45) is -1.07. The highest BCUT2D eigenvalue weighted by molar-refractivity contribution is 5.65. The number of hydrogen-bond donors (Lipinski definition) is 2. The summed E-state index contributed by atoms with van der Waals surface area (Å²) in [6, 6.07) is 3.08. The number of ether oxygens (including phenoxy) is 1. The predicted octanol–water partition coefficient (Wildman–Crippen LogP) is 1.54. The van der Waals surface area contributed by atoms with Crippen LogP contribution in [0.1, 0.15) is 5.56 Å². The third-order valence-corrected chi connectivity index (χ3v) is 2.56. The van der Waals surface area contributed by atoms with Gasteiger partial charge in [-0.05, 0) is 24.1 Å². The van der Waals surface area contributed by atoms with Crippen LogP contribution in [0.2, 0.25) is 0 Å². The summed E-state index contributed by atoms with van der Waals surface area (Å²) in [4.78, 5) is 10.6. The van der Waals surface area contributed by atoms with Crippen LogP contribution in [-0.2, 0) is 11.2 Å². The molecule has 0 saturated carbocycles. The van der Waals surface area contributed by atoms with Crippen molar-refractivity contribution in [3.05, 3.63) is 35.4 Å². The van der Waals surface area contributed by atoms with Crippen molar-refractivity contribution in [2.24, 2.45) is 0 Å². The zero-order valence-corrected chi connectivity index (χ0v) is 8.82. The molecule has 0 radical (unpaired) electrons. The molecule has 2 N–H and O–H groups in total. The molecular formula is C11H11F2NO3. The van der Waals surface area contributed by atoms with Crippen molar-refractivity contribution in [2.75, 3.05) is 6.61 Å². The number of carbonyl (C=O) groups is 1. The van der Waals surface area contributed by atoms with Gasteiger partial charge in [-0.1, -0.05) is 6.07 Å². The molecule has 0 spiro atoms. The molecule has 1 fully saturated rings. The molecule has 0 bridgehead atoms. The maximum Gasteiger partial charge on any atom is 0.404 e. The van der Waals surface area contributed by atoms with E-state index in [0.717, 1.165) is 12.1 Å². The van der Waals surface area contributed by atoms with E-state index in [4.69, 9.17) is 9.84 Å². The van der Waals surface area contributed by atoms with Crippen LogP contribution >= 0.6 is 0 Å². The van der Waals surface area contributed by atoms with Gasteiger partial charge in [-0.25, -0.2) is 13.6 Å². The van der Waals surface area contributed by atoms with E-state index in [9.17, 15) is 13.6 Å². The van der Waals surface area contributed by atoms with Gasteiger partial charge in [0.2, 0.25) is 0 Å². The Morgan fingerprint density at radius 3 is 2.76 bits per heavy atom. The largest absolute Gasteiger partial charge is 0.465 e. The lowest BCUT2D eigenvalue weighted by Crippen LogP contribution is -2.39. The normalized spacial score (nSPS) is 19.8. The minimum atomic E-state index is -1.16. The molecule has 1 heterocycles. The van der Waals surface area contributed by atoms with Crippen LogP contribution < -0.4 is 5.32 Å². The van der Waals surface area contributed by atoms with Gasteiger partial charge in [0, 0.05) is 0 Å². The van der Waals surface area contributed by atoms with Crippen molar-refractivity contribution in [1.29, 1.82) is 0 Å². The van der Waals surface area contributed by atoms with Gasteiger partial charge in [0.25, 0.3) is 0 Å². The fourth-order valence-electron chi connectivity index (χ4n) is 1.64. The Hall–Kier alpha value is -1.69. The van der Waals surface area contributed by atoms with Crippen LogP contribution in [0, 0.1) is 11.6 Å². The van der Waals surface area contributed by atoms with Crippen LogP contribution in [0.5, 0.6) is 0 Å². The lowest BCUT2D eigenvalue weighted by molar-refractivity contribution is 0.186. The fourth-order valence-corrected chi connectivity index (χ4v) is 1.64. The summed E-state index contributed by atoms with van der Waals surface area (Å²) in [7, 11) is 0. The average molecular weight is 243 g/mol. The maximum absolute atomic E-state index is 13.0. The zero-order valence-electron chi connectivity index (χ0n) is 8.82. The molecule has 1 aromatic rings. The molecule has 1 unspecified atom stereocenters. The maximum atomic E-state index is 13.0. The number of nitrogens with one attached hydrogen (secondary N) is 1. The Morgan fingerprint density at radius 2 is 2.24 bits per heavy atom. The minimum Gasteiger partial charge on any atom is -0.465 e. The Morgan fingerprint density at radius 1 is 1.53 bits per heavy atom. The van der Waals surface area contributed by atoms with Crippen LogP contribution in [0.3, 0.4) is 0 Å². The monoisotopic (exact) mass is 243 g/mol. The molecule has 1 aromatic carbocycles. The van der Waals surface area contributed by atoms with E-state index in [1.54, 1.807) is 0 Å². The average Bonchev–Trinajstić information content (AvgIpc) is 3.05. The highest BCUT2D eigenvalue weighted by Gasteiger charge is 2.34. The quantitative estimate of drug-likeness (QED) is 0.788. The van der Waals surface area contributed by atoms with Crippen LogP contribution in [0.4, 0.5) is 13.6 Å². The molecule has 6 heteroatoms. The number of halogens is 2. The van der Waals surface area contributed by atoms with E-state index in [1.165, 1.54) is 6.07 Å². The number of epoxide rings is 1. The van der Waals surface area contributed by atoms with E-state index in [0.29, 0.717) is 12.2 Å². The number of benzene rings is 1. The number of amides is 1. The second kappa shape index (κ2) is 4.67. The van der Waals surface area contributed by atoms with Gasteiger partial charge in [-0.2, -0.15) is 0 Å². The van der Waals surface area contributed by atoms with Gasteiger partial charge in [0.05, 0.1) is 12.6 Å². The van der Waals surface area contributed by atoms with E-state index in [1.807, 2.05) is 0 Å². The smallest absolute Gasteiger partial charge is 0.404 e. The molecule has 1 aliphatic rings. The summed E-state index contributed by atoms with van der Waals surface area (Å²) in [5.41, 5.74) is 0.526. The van der Waals surface area contributed by atoms with Gasteiger partial charge in [-0.15, -0.1) is 0 Å². The van der Waals surface area contributed by atoms with E-state index < -0.39 is 23.8 Å². The number of carboxylic acid groups (broad SMARTS) is 1. The molecular weight excluding hydrogens is 232 g/mol. The highest BCUT2D eigenvalue weighted by atomic mass is 19.2. The molecule has 2 rings (SSSR count). The van der Waals surface area contributed by atoms with Gasteiger partial charge in [0.1, 0.15) is 6.10 Å². The predicted molar refractivity (Wildman–Crippen MR) is 54.8 cm³/mol. The molecule has 4 nitrogen and oxygen atoms in total.